The van der Waals surface area contributed by atoms with E-state index in [9.17, 15) is 13.2 Å². The number of ether oxygens (including phenoxy) is 1. The average Bonchev–Trinajstić information content (AvgIpc) is 2.56. The molecule has 0 unspecified atom stereocenters. The van der Waals surface area contributed by atoms with Gasteiger partial charge in [-0.25, -0.2) is 8.42 Å². The third-order valence-electron chi connectivity index (χ3n) is 5.42. The summed E-state index contributed by atoms with van der Waals surface area (Å²) in [6.45, 7) is 5.59. The van der Waals surface area contributed by atoms with Crippen molar-refractivity contribution in [3.8, 4) is 5.75 Å². The molecule has 1 saturated heterocycles. The van der Waals surface area contributed by atoms with Crippen LogP contribution in [-0.2, 0) is 14.6 Å². The molecule has 0 spiro atoms. The van der Waals surface area contributed by atoms with Crippen LogP contribution in [0.1, 0.15) is 36.0 Å². The Kier molecular flexibility index (Phi) is 3.67. The number of amides is 1. The Morgan fingerprint density at radius 3 is 2.58 bits per heavy atom. The van der Waals surface area contributed by atoms with Crippen molar-refractivity contribution >= 4 is 15.7 Å². The first kappa shape index (κ1) is 17.1. The predicted octanol–water partition coefficient (Wildman–Crippen LogP) is 2.86. The molecule has 6 heteroatoms. The van der Waals surface area contributed by atoms with Crippen LogP contribution in [0.3, 0.4) is 0 Å². The first-order valence-electron chi connectivity index (χ1n) is 8.62. The summed E-state index contributed by atoms with van der Waals surface area (Å²) in [7, 11) is -3.84. The highest BCUT2D eigenvalue weighted by molar-refractivity contribution is 7.92. The van der Waals surface area contributed by atoms with Crippen molar-refractivity contribution in [3.05, 3.63) is 59.2 Å². The molecule has 0 radical (unpaired) electrons. The standard InChI is InChI=1S/C20H21NO4S/c1-12-8-9-14(10-13(12)2)26(23,24)18-16-11-20(3,21-19(18)22)25-17-7-5-4-6-15(16)17/h4-10,16,18H,11H2,1-3H3,(H,21,22)/t16-,18-,20-/m0/s1. The average molecular weight is 371 g/mol. The van der Waals surface area contributed by atoms with E-state index in [0.717, 1.165) is 16.7 Å². The van der Waals surface area contributed by atoms with Crippen molar-refractivity contribution in [1.82, 2.24) is 5.32 Å². The summed E-state index contributed by atoms with van der Waals surface area (Å²) in [5.41, 5.74) is 1.79. The van der Waals surface area contributed by atoms with E-state index in [0.29, 0.717) is 12.2 Å². The Morgan fingerprint density at radius 2 is 1.85 bits per heavy atom. The van der Waals surface area contributed by atoms with E-state index in [2.05, 4.69) is 5.32 Å². The zero-order chi connectivity index (χ0) is 18.7. The minimum atomic E-state index is -3.84. The Labute approximate surface area is 153 Å². The molecule has 0 aliphatic carbocycles. The molecule has 0 aromatic heterocycles. The molecule has 0 saturated carbocycles. The number of piperidine rings is 1. The lowest BCUT2D eigenvalue weighted by atomic mass is 9.81. The summed E-state index contributed by atoms with van der Waals surface area (Å²) in [5.74, 6) is -0.312. The van der Waals surface area contributed by atoms with Gasteiger partial charge in [0.1, 0.15) is 5.75 Å². The second-order valence-corrected chi connectivity index (χ2v) is 9.45. The van der Waals surface area contributed by atoms with Gasteiger partial charge in [0.15, 0.2) is 20.8 Å². The highest BCUT2D eigenvalue weighted by Gasteiger charge is 2.54. The molecular weight excluding hydrogens is 350 g/mol. The van der Waals surface area contributed by atoms with Gasteiger partial charge in [-0.2, -0.15) is 0 Å². The lowest BCUT2D eigenvalue weighted by Crippen LogP contribution is -2.63. The van der Waals surface area contributed by atoms with Crippen molar-refractivity contribution in [2.45, 2.75) is 49.0 Å². The molecule has 136 valence electrons. The highest BCUT2D eigenvalue weighted by Crippen LogP contribution is 2.47. The van der Waals surface area contributed by atoms with E-state index in [4.69, 9.17) is 4.74 Å². The summed E-state index contributed by atoms with van der Waals surface area (Å²) in [5, 5.41) is 1.61. The monoisotopic (exact) mass is 371 g/mol. The second-order valence-electron chi connectivity index (χ2n) is 7.38. The maximum Gasteiger partial charge on any atom is 0.242 e. The number of nitrogens with one attached hydrogen (secondary N) is 1. The molecule has 2 aromatic rings. The van der Waals surface area contributed by atoms with Gasteiger partial charge >= 0.3 is 0 Å². The molecule has 1 amide bonds. The molecule has 2 aliphatic heterocycles. The van der Waals surface area contributed by atoms with Crippen molar-refractivity contribution < 1.29 is 17.9 Å². The van der Waals surface area contributed by atoms with Crippen LogP contribution < -0.4 is 10.1 Å². The van der Waals surface area contributed by atoms with Crippen LogP contribution >= 0.6 is 0 Å². The van der Waals surface area contributed by atoms with Crippen LogP contribution in [0.2, 0.25) is 0 Å². The summed E-state index contributed by atoms with van der Waals surface area (Å²) >= 11 is 0. The first-order chi connectivity index (χ1) is 12.2. The van der Waals surface area contributed by atoms with E-state index in [1.54, 1.807) is 25.1 Å². The van der Waals surface area contributed by atoms with Gasteiger partial charge in [0.25, 0.3) is 0 Å². The fraction of sp³-hybridized carbons (Fsp3) is 0.350. The third-order valence-corrected chi connectivity index (χ3v) is 7.54. The van der Waals surface area contributed by atoms with Crippen molar-refractivity contribution in [1.29, 1.82) is 0 Å². The van der Waals surface area contributed by atoms with Gasteiger partial charge in [-0.15, -0.1) is 0 Å². The zero-order valence-electron chi connectivity index (χ0n) is 14.9. The first-order valence-corrected chi connectivity index (χ1v) is 10.2. The van der Waals surface area contributed by atoms with E-state index in [-0.39, 0.29) is 4.90 Å². The van der Waals surface area contributed by atoms with Gasteiger partial charge in [-0.3, -0.25) is 4.79 Å². The van der Waals surface area contributed by atoms with Crippen LogP contribution in [0.4, 0.5) is 0 Å². The van der Waals surface area contributed by atoms with Gasteiger partial charge in [-0.05, 0) is 55.7 Å². The number of carbonyl (C=O) groups is 1. The molecule has 2 bridgehead atoms. The molecule has 2 heterocycles. The topological polar surface area (TPSA) is 72.5 Å². The Bertz CT molecular complexity index is 1010. The third kappa shape index (κ3) is 2.51. The quantitative estimate of drug-likeness (QED) is 0.881. The maximum absolute atomic E-state index is 13.4. The van der Waals surface area contributed by atoms with E-state index in [1.165, 1.54) is 0 Å². The SMILES string of the molecule is Cc1ccc(S(=O)(=O)[C@@H]2C(=O)N[C@]3(C)C[C@H]2c2ccccc2O3)cc1C. The van der Waals surface area contributed by atoms with Crippen molar-refractivity contribution in [2.24, 2.45) is 0 Å². The number of carbonyl (C=O) groups excluding carboxylic acids is 1. The number of aryl methyl sites for hydroxylation is 2. The van der Waals surface area contributed by atoms with Gasteiger partial charge in [-0.1, -0.05) is 24.3 Å². The fourth-order valence-electron chi connectivity index (χ4n) is 3.95. The molecule has 26 heavy (non-hydrogen) atoms. The minimum Gasteiger partial charge on any atom is -0.468 e. The van der Waals surface area contributed by atoms with E-state index in [1.807, 2.05) is 38.1 Å². The van der Waals surface area contributed by atoms with Gasteiger partial charge in [0.05, 0.1) is 4.90 Å². The maximum atomic E-state index is 13.4. The summed E-state index contributed by atoms with van der Waals surface area (Å²) in [6, 6.07) is 12.4. The van der Waals surface area contributed by atoms with Crippen LogP contribution in [0.15, 0.2) is 47.4 Å². The highest BCUT2D eigenvalue weighted by atomic mass is 32.2. The van der Waals surface area contributed by atoms with Crippen molar-refractivity contribution in [2.75, 3.05) is 0 Å². The number of sulfone groups is 1. The van der Waals surface area contributed by atoms with Crippen LogP contribution in [0.5, 0.6) is 5.75 Å². The smallest absolute Gasteiger partial charge is 0.242 e. The largest absolute Gasteiger partial charge is 0.468 e. The summed E-state index contributed by atoms with van der Waals surface area (Å²) in [4.78, 5) is 13.0. The Balaban J connectivity index is 1.86. The minimum absolute atomic E-state index is 0.188. The van der Waals surface area contributed by atoms with E-state index < -0.39 is 32.6 Å². The lowest BCUT2D eigenvalue weighted by Gasteiger charge is -2.46. The molecule has 3 atom stereocenters. The number of hydrogen-bond acceptors (Lipinski definition) is 4. The van der Waals surface area contributed by atoms with E-state index >= 15 is 0 Å². The molecule has 2 aromatic carbocycles. The molecule has 4 rings (SSSR count). The second kappa shape index (κ2) is 5.58. The molecule has 1 N–H and O–H groups in total. The number of benzene rings is 2. The van der Waals surface area contributed by atoms with Gasteiger partial charge in [0.2, 0.25) is 5.91 Å². The lowest BCUT2D eigenvalue weighted by molar-refractivity contribution is -0.132. The zero-order valence-corrected chi connectivity index (χ0v) is 15.8. The molecule has 5 nitrogen and oxygen atoms in total. The summed E-state index contributed by atoms with van der Waals surface area (Å²) < 4.78 is 32.7. The summed E-state index contributed by atoms with van der Waals surface area (Å²) in [6.07, 6.45) is 0.421. The van der Waals surface area contributed by atoms with Crippen LogP contribution in [0, 0.1) is 13.8 Å². The fourth-order valence-corrected chi connectivity index (χ4v) is 5.86. The Hall–Kier alpha value is -2.34. The van der Waals surface area contributed by atoms with Gasteiger partial charge in [0, 0.05) is 12.3 Å². The normalized spacial score (nSPS) is 27.3. The number of rotatable bonds is 2. The molecule has 2 aliphatic rings. The number of para-hydroxylation sites is 1. The molecule has 1 fully saturated rings. The van der Waals surface area contributed by atoms with Crippen LogP contribution in [0.25, 0.3) is 0 Å². The Morgan fingerprint density at radius 1 is 1.12 bits per heavy atom. The number of hydrogen-bond donors (Lipinski definition) is 1. The number of fused-ring (bicyclic) bond motifs is 4. The molecular formula is C20H21NO4S. The van der Waals surface area contributed by atoms with Gasteiger partial charge < -0.3 is 10.1 Å². The van der Waals surface area contributed by atoms with Crippen LogP contribution in [-0.4, -0.2) is 25.3 Å². The van der Waals surface area contributed by atoms with Crippen molar-refractivity contribution in [3.63, 3.8) is 0 Å². The predicted molar refractivity (Wildman–Crippen MR) is 97.9 cm³/mol.